The Morgan fingerprint density at radius 3 is 2.55 bits per heavy atom. The molecular formula is C18H27FN2O. The van der Waals surface area contributed by atoms with Crippen molar-refractivity contribution in [2.24, 2.45) is 0 Å². The SMILES string of the molecule is C=C.CCCN(C)Cc1cc2c(c(C(C)(C)F)c1)CNC2=O. The maximum atomic E-state index is 14.4. The fraction of sp³-hybridized carbons (Fsp3) is 0.500. The summed E-state index contributed by atoms with van der Waals surface area (Å²) in [5.74, 6) is -0.0921. The van der Waals surface area contributed by atoms with Gasteiger partial charge in [0.15, 0.2) is 0 Å². The molecule has 3 nitrogen and oxygen atoms in total. The van der Waals surface area contributed by atoms with Gasteiger partial charge in [0.1, 0.15) is 5.67 Å². The minimum atomic E-state index is -1.43. The molecule has 122 valence electrons. The van der Waals surface area contributed by atoms with E-state index in [-0.39, 0.29) is 5.91 Å². The number of rotatable bonds is 5. The number of nitrogens with one attached hydrogen (secondary N) is 1. The highest BCUT2D eigenvalue weighted by Crippen LogP contribution is 2.33. The summed E-state index contributed by atoms with van der Waals surface area (Å²) in [6, 6.07) is 3.81. The van der Waals surface area contributed by atoms with Crippen LogP contribution in [0, 0.1) is 0 Å². The molecule has 0 fully saturated rings. The zero-order chi connectivity index (χ0) is 16.9. The Bertz CT molecular complexity index is 535. The molecule has 0 aromatic heterocycles. The van der Waals surface area contributed by atoms with Crippen molar-refractivity contribution in [2.45, 2.75) is 46.0 Å². The van der Waals surface area contributed by atoms with Crippen molar-refractivity contribution < 1.29 is 9.18 Å². The molecule has 4 heteroatoms. The third-order valence-corrected chi connectivity index (χ3v) is 3.68. The average Bonchev–Trinajstić information content (AvgIpc) is 2.81. The Hall–Kier alpha value is -1.68. The van der Waals surface area contributed by atoms with Crippen LogP contribution in [0.15, 0.2) is 25.3 Å². The fourth-order valence-electron chi connectivity index (χ4n) is 2.78. The number of hydrogen-bond acceptors (Lipinski definition) is 2. The molecule has 1 aromatic carbocycles. The van der Waals surface area contributed by atoms with E-state index in [1.54, 1.807) is 13.8 Å². The first kappa shape index (κ1) is 18.4. The third-order valence-electron chi connectivity index (χ3n) is 3.68. The van der Waals surface area contributed by atoms with E-state index >= 15 is 0 Å². The highest BCUT2D eigenvalue weighted by Gasteiger charge is 2.30. The number of carbonyl (C=O) groups excluding carboxylic acids is 1. The smallest absolute Gasteiger partial charge is 0.251 e. The topological polar surface area (TPSA) is 32.3 Å². The second kappa shape index (κ2) is 7.54. The molecule has 0 bridgehead atoms. The lowest BCUT2D eigenvalue weighted by Crippen LogP contribution is -2.20. The highest BCUT2D eigenvalue weighted by atomic mass is 19.1. The van der Waals surface area contributed by atoms with Crippen molar-refractivity contribution in [3.63, 3.8) is 0 Å². The Labute approximate surface area is 133 Å². The van der Waals surface area contributed by atoms with E-state index in [9.17, 15) is 9.18 Å². The van der Waals surface area contributed by atoms with Crippen LogP contribution in [-0.4, -0.2) is 24.4 Å². The maximum absolute atomic E-state index is 14.4. The van der Waals surface area contributed by atoms with E-state index in [1.807, 2.05) is 19.2 Å². The summed E-state index contributed by atoms with van der Waals surface area (Å²) in [5, 5.41) is 2.78. The second-order valence-corrected chi connectivity index (χ2v) is 6.06. The molecule has 2 rings (SSSR count). The van der Waals surface area contributed by atoms with E-state index in [0.717, 1.165) is 30.6 Å². The monoisotopic (exact) mass is 306 g/mol. The van der Waals surface area contributed by atoms with Crippen molar-refractivity contribution >= 4 is 5.91 Å². The molecular weight excluding hydrogens is 279 g/mol. The quantitative estimate of drug-likeness (QED) is 0.840. The molecule has 0 atom stereocenters. The van der Waals surface area contributed by atoms with Crippen molar-refractivity contribution in [3.8, 4) is 0 Å². The molecule has 1 N–H and O–H groups in total. The van der Waals surface area contributed by atoms with Crippen LogP contribution in [0.2, 0.25) is 0 Å². The van der Waals surface area contributed by atoms with Crippen LogP contribution in [0.3, 0.4) is 0 Å². The summed E-state index contributed by atoms with van der Waals surface area (Å²) >= 11 is 0. The van der Waals surface area contributed by atoms with Crippen molar-refractivity contribution in [1.29, 1.82) is 0 Å². The van der Waals surface area contributed by atoms with E-state index in [0.29, 0.717) is 17.7 Å². The Kier molecular flexibility index (Phi) is 6.30. The molecule has 1 heterocycles. The average molecular weight is 306 g/mol. The number of carbonyl (C=O) groups is 1. The largest absolute Gasteiger partial charge is 0.348 e. The van der Waals surface area contributed by atoms with Crippen LogP contribution in [0.5, 0.6) is 0 Å². The summed E-state index contributed by atoms with van der Waals surface area (Å²) in [6.07, 6.45) is 1.07. The third kappa shape index (κ3) is 4.17. The van der Waals surface area contributed by atoms with Crippen LogP contribution in [0.25, 0.3) is 0 Å². The standard InChI is InChI=1S/C16H23FN2O.C2H4/c1-5-6-19(4)10-11-7-12-13(9-18-15(12)20)14(8-11)16(2,3)17;1-2/h7-8H,5-6,9-10H2,1-4H3,(H,18,20);1-2H2. The van der Waals surface area contributed by atoms with Gasteiger partial charge >= 0.3 is 0 Å². The first-order chi connectivity index (χ1) is 10.3. The summed E-state index contributed by atoms with van der Waals surface area (Å²) in [5.41, 5.74) is 1.64. The molecule has 1 aliphatic heterocycles. The molecule has 1 aliphatic rings. The summed E-state index contributed by atoms with van der Waals surface area (Å²) in [7, 11) is 2.04. The van der Waals surface area contributed by atoms with Crippen LogP contribution < -0.4 is 5.32 Å². The lowest BCUT2D eigenvalue weighted by Gasteiger charge is -2.21. The number of alkyl halides is 1. The van der Waals surface area contributed by atoms with Crippen molar-refractivity contribution in [2.75, 3.05) is 13.6 Å². The van der Waals surface area contributed by atoms with Crippen molar-refractivity contribution in [3.05, 3.63) is 47.5 Å². The van der Waals surface area contributed by atoms with Gasteiger partial charge in [0, 0.05) is 18.7 Å². The van der Waals surface area contributed by atoms with Gasteiger partial charge in [0.25, 0.3) is 5.91 Å². The number of nitrogens with zero attached hydrogens (tertiary/aromatic N) is 1. The van der Waals surface area contributed by atoms with Crippen LogP contribution >= 0.6 is 0 Å². The Morgan fingerprint density at radius 2 is 2.00 bits per heavy atom. The number of hydrogen-bond donors (Lipinski definition) is 1. The molecule has 0 unspecified atom stereocenters. The van der Waals surface area contributed by atoms with Crippen LogP contribution in [0.4, 0.5) is 4.39 Å². The Balaban J connectivity index is 0.00000116. The van der Waals surface area contributed by atoms with E-state index in [4.69, 9.17) is 0 Å². The van der Waals surface area contributed by atoms with Gasteiger partial charge in [-0.2, -0.15) is 0 Å². The highest BCUT2D eigenvalue weighted by molar-refractivity contribution is 5.99. The summed E-state index contributed by atoms with van der Waals surface area (Å²) in [4.78, 5) is 14.0. The van der Waals surface area contributed by atoms with Gasteiger partial charge in [-0.25, -0.2) is 4.39 Å². The van der Waals surface area contributed by atoms with Gasteiger partial charge in [0.2, 0.25) is 0 Å². The molecule has 1 amide bonds. The fourth-order valence-corrected chi connectivity index (χ4v) is 2.78. The van der Waals surface area contributed by atoms with E-state index in [1.165, 1.54) is 0 Å². The molecule has 0 saturated carbocycles. The van der Waals surface area contributed by atoms with E-state index in [2.05, 4.69) is 30.3 Å². The lowest BCUT2D eigenvalue weighted by molar-refractivity contribution is 0.0965. The van der Waals surface area contributed by atoms with E-state index < -0.39 is 5.67 Å². The number of benzene rings is 1. The number of fused-ring (bicyclic) bond motifs is 1. The minimum Gasteiger partial charge on any atom is -0.348 e. The van der Waals surface area contributed by atoms with Gasteiger partial charge in [-0.05, 0) is 56.6 Å². The molecule has 22 heavy (non-hydrogen) atoms. The van der Waals surface area contributed by atoms with Crippen LogP contribution in [0.1, 0.15) is 54.2 Å². The molecule has 0 spiro atoms. The maximum Gasteiger partial charge on any atom is 0.251 e. The first-order valence-electron chi connectivity index (χ1n) is 7.65. The second-order valence-electron chi connectivity index (χ2n) is 6.06. The first-order valence-corrected chi connectivity index (χ1v) is 7.65. The van der Waals surface area contributed by atoms with Gasteiger partial charge < -0.3 is 10.2 Å². The van der Waals surface area contributed by atoms with Gasteiger partial charge in [0.05, 0.1) is 0 Å². The van der Waals surface area contributed by atoms with Gasteiger partial charge in [-0.15, -0.1) is 13.2 Å². The number of amides is 1. The molecule has 0 saturated heterocycles. The molecule has 0 aliphatic carbocycles. The summed E-state index contributed by atoms with van der Waals surface area (Å²) in [6.45, 7) is 13.4. The lowest BCUT2D eigenvalue weighted by atomic mass is 9.90. The normalized spacial score (nSPS) is 13.5. The zero-order valence-corrected chi connectivity index (χ0v) is 14.1. The summed E-state index contributed by atoms with van der Waals surface area (Å²) < 4.78 is 14.4. The predicted molar refractivity (Wildman–Crippen MR) is 89.6 cm³/mol. The Morgan fingerprint density at radius 1 is 1.36 bits per heavy atom. The minimum absolute atomic E-state index is 0.0921. The van der Waals surface area contributed by atoms with Crippen LogP contribution in [-0.2, 0) is 18.8 Å². The number of halogens is 1. The zero-order valence-electron chi connectivity index (χ0n) is 14.1. The molecule has 0 radical (unpaired) electrons. The van der Waals surface area contributed by atoms with Gasteiger partial charge in [-0.1, -0.05) is 13.0 Å². The molecule has 1 aromatic rings. The van der Waals surface area contributed by atoms with Gasteiger partial charge in [-0.3, -0.25) is 4.79 Å². The van der Waals surface area contributed by atoms with Crippen molar-refractivity contribution in [1.82, 2.24) is 10.2 Å². The predicted octanol–water partition coefficient (Wildman–Crippen LogP) is 3.78.